The van der Waals surface area contributed by atoms with Crippen LogP contribution in [0.25, 0.3) is 22.6 Å². The van der Waals surface area contributed by atoms with E-state index in [2.05, 4.69) is 27.9 Å². The van der Waals surface area contributed by atoms with E-state index in [0.29, 0.717) is 36.7 Å². The first kappa shape index (κ1) is 25.8. The summed E-state index contributed by atoms with van der Waals surface area (Å²) in [7, 11) is -2.07. The van der Waals surface area contributed by atoms with Gasteiger partial charge in [0.05, 0.1) is 10.5 Å². The van der Waals surface area contributed by atoms with Crippen molar-refractivity contribution in [2.75, 3.05) is 20.3 Å². The molecule has 2 N–H and O–H groups in total. The molecule has 0 atom stereocenters. The summed E-state index contributed by atoms with van der Waals surface area (Å²) in [5, 5.41) is 5.24. The predicted octanol–water partition coefficient (Wildman–Crippen LogP) is 4.30. The second-order valence-electron chi connectivity index (χ2n) is 9.00. The summed E-state index contributed by atoms with van der Waals surface area (Å²) >= 11 is 0. The highest BCUT2D eigenvalue weighted by atomic mass is 32.2. The van der Waals surface area contributed by atoms with Crippen molar-refractivity contribution in [2.45, 2.75) is 29.8 Å². The fraction of sp³-hybridized carbons (Fsp3) is 0.241. The van der Waals surface area contributed by atoms with Gasteiger partial charge < -0.3 is 13.9 Å². The Labute approximate surface area is 221 Å². The van der Waals surface area contributed by atoms with Crippen LogP contribution in [0.1, 0.15) is 29.9 Å². The zero-order valence-electron chi connectivity index (χ0n) is 20.9. The molecule has 0 spiro atoms. The van der Waals surface area contributed by atoms with Crippen LogP contribution in [-0.2, 0) is 31.5 Å². The number of primary sulfonamides is 1. The summed E-state index contributed by atoms with van der Waals surface area (Å²) < 4.78 is 40.8. The highest BCUT2D eigenvalue weighted by Crippen LogP contribution is 2.36. The Hall–Kier alpha value is -3.81. The van der Waals surface area contributed by atoms with E-state index in [4.69, 9.17) is 19.0 Å². The maximum Gasteiger partial charge on any atom is 0.274 e. The third-order valence-corrected chi connectivity index (χ3v) is 7.55. The summed E-state index contributed by atoms with van der Waals surface area (Å²) in [6.07, 6.45) is 5.65. The number of ether oxygens (including phenoxy) is 2. The molecule has 1 aliphatic heterocycles. The number of rotatable bonds is 6. The molecule has 0 radical (unpaired) electrons. The highest BCUT2D eigenvalue weighted by Gasteiger charge is 2.34. The topological polar surface area (TPSA) is 118 Å². The van der Waals surface area contributed by atoms with Gasteiger partial charge in [0.25, 0.3) is 5.89 Å². The molecule has 5 rings (SSSR count). The van der Waals surface area contributed by atoms with Crippen LogP contribution in [0.2, 0.25) is 0 Å². The lowest BCUT2D eigenvalue weighted by atomic mass is 9.86. The second-order valence-corrected chi connectivity index (χ2v) is 10.6. The van der Waals surface area contributed by atoms with Crippen LogP contribution in [-0.4, -0.2) is 38.7 Å². The predicted molar refractivity (Wildman–Crippen MR) is 142 cm³/mol. The molecule has 0 unspecified atom stereocenters. The van der Waals surface area contributed by atoms with Crippen molar-refractivity contribution in [3.63, 3.8) is 0 Å². The van der Waals surface area contributed by atoms with E-state index in [1.54, 1.807) is 25.4 Å². The van der Waals surface area contributed by atoms with Crippen LogP contribution in [0.3, 0.4) is 0 Å². The summed E-state index contributed by atoms with van der Waals surface area (Å²) in [6.45, 7) is 1.30. The van der Waals surface area contributed by atoms with E-state index in [1.165, 1.54) is 12.1 Å². The molecule has 4 aromatic rings. The van der Waals surface area contributed by atoms with Crippen LogP contribution in [0.4, 0.5) is 0 Å². The number of nitrogens with zero attached hydrogens (tertiary/aromatic N) is 2. The van der Waals surface area contributed by atoms with Gasteiger partial charge in [0.1, 0.15) is 5.69 Å². The van der Waals surface area contributed by atoms with Crippen LogP contribution >= 0.6 is 0 Å². The van der Waals surface area contributed by atoms with E-state index in [-0.39, 0.29) is 10.8 Å². The lowest BCUT2D eigenvalue weighted by molar-refractivity contribution is -0.0949. The average molecular weight is 530 g/mol. The van der Waals surface area contributed by atoms with Gasteiger partial charge in [-0.15, -0.1) is 0 Å². The molecule has 3 heterocycles. The molecule has 1 aliphatic rings. The number of methoxy groups -OCH3 is 1. The lowest BCUT2D eigenvalue weighted by Gasteiger charge is -2.36. The van der Waals surface area contributed by atoms with Gasteiger partial charge in [-0.25, -0.2) is 18.5 Å². The number of sulfonamides is 1. The third kappa shape index (κ3) is 5.54. The van der Waals surface area contributed by atoms with Crippen LogP contribution in [0.15, 0.2) is 82.4 Å². The first-order chi connectivity index (χ1) is 18.4. The molecule has 0 amide bonds. The molecule has 2 aromatic heterocycles. The van der Waals surface area contributed by atoms with Gasteiger partial charge in [-0.05, 0) is 41.8 Å². The molecule has 1 saturated heterocycles. The molecular weight excluding hydrogens is 502 g/mol. The van der Waals surface area contributed by atoms with E-state index in [0.717, 1.165) is 29.5 Å². The maximum absolute atomic E-state index is 11.7. The zero-order valence-corrected chi connectivity index (χ0v) is 21.7. The Morgan fingerprint density at radius 1 is 1.03 bits per heavy atom. The summed E-state index contributed by atoms with van der Waals surface area (Å²) in [4.78, 5) is 9.08. The van der Waals surface area contributed by atoms with Gasteiger partial charge in [0.15, 0.2) is 5.76 Å². The van der Waals surface area contributed by atoms with Crippen molar-refractivity contribution in [3.8, 4) is 34.4 Å². The van der Waals surface area contributed by atoms with Gasteiger partial charge in [0.2, 0.25) is 10.0 Å². The van der Waals surface area contributed by atoms with Gasteiger partial charge in [0, 0.05) is 68.7 Å². The summed E-state index contributed by atoms with van der Waals surface area (Å²) in [5.74, 6) is 6.93. The molecule has 0 aliphatic carbocycles. The number of hydrogen-bond acceptors (Lipinski definition) is 7. The van der Waals surface area contributed by atoms with Gasteiger partial charge in [-0.1, -0.05) is 36.3 Å². The van der Waals surface area contributed by atoms with Crippen molar-refractivity contribution in [1.29, 1.82) is 0 Å². The van der Waals surface area contributed by atoms with Crippen molar-refractivity contribution in [2.24, 2.45) is 5.14 Å². The number of aromatic nitrogens is 2. The van der Waals surface area contributed by atoms with Crippen LogP contribution < -0.4 is 5.14 Å². The minimum Gasteiger partial charge on any atom is -0.429 e. The quantitative estimate of drug-likeness (QED) is 0.370. The standard InChI is InChI=1S/C29H27N3O5S/c1-35-29(14-16-36-17-15-29)24-18-21(19-31-20-24)6-5-9-26-32-27(22-7-3-2-4-8-22)28(37-26)23-10-12-25(13-11-23)38(30,33)34/h2-4,7-8,10-13,18-20H,6,14-17H2,1H3,(H2,30,33,34). The van der Waals surface area contributed by atoms with Crippen molar-refractivity contribution in [1.82, 2.24) is 9.97 Å². The fourth-order valence-corrected chi connectivity index (χ4v) is 5.04. The molecule has 0 bridgehead atoms. The Morgan fingerprint density at radius 2 is 1.76 bits per heavy atom. The van der Waals surface area contributed by atoms with E-state index in [9.17, 15) is 8.42 Å². The first-order valence-corrected chi connectivity index (χ1v) is 13.7. The van der Waals surface area contributed by atoms with Crippen LogP contribution in [0, 0.1) is 11.8 Å². The summed E-state index contributed by atoms with van der Waals surface area (Å²) in [5.41, 5.74) is 3.73. The van der Waals surface area contributed by atoms with Gasteiger partial charge >= 0.3 is 0 Å². The fourth-order valence-electron chi connectivity index (χ4n) is 4.52. The highest BCUT2D eigenvalue weighted by molar-refractivity contribution is 7.89. The Bertz CT molecular complexity index is 1580. The zero-order chi connectivity index (χ0) is 26.6. The second kappa shape index (κ2) is 10.9. The first-order valence-electron chi connectivity index (χ1n) is 12.1. The largest absolute Gasteiger partial charge is 0.429 e. The van der Waals surface area contributed by atoms with Gasteiger partial charge in [-0.3, -0.25) is 4.98 Å². The molecule has 38 heavy (non-hydrogen) atoms. The smallest absolute Gasteiger partial charge is 0.274 e. The molecule has 2 aromatic carbocycles. The van der Waals surface area contributed by atoms with E-state index in [1.807, 2.05) is 36.5 Å². The third-order valence-electron chi connectivity index (χ3n) is 6.62. The molecule has 0 saturated carbocycles. The maximum atomic E-state index is 11.7. The molecule has 9 heteroatoms. The SMILES string of the molecule is COC1(c2cncc(CC#Cc3nc(-c4ccccc4)c(-c4ccc(S(N)(=O)=O)cc4)o3)c2)CCOCC1. The number of pyridine rings is 1. The number of hydrogen-bond donors (Lipinski definition) is 1. The minimum absolute atomic E-state index is 0.0221. The average Bonchev–Trinajstić information content (AvgIpc) is 3.38. The van der Waals surface area contributed by atoms with Crippen molar-refractivity contribution < 1.29 is 22.3 Å². The normalized spacial score (nSPS) is 15.0. The number of benzene rings is 2. The number of oxazole rings is 1. The van der Waals surface area contributed by atoms with Crippen molar-refractivity contribution >= 4 is 10.0 Å². The summed E-state index contributed by atoms with van der Waals surface area (Å²) in [6, 6.07) is 17.8. The number of nitrogens with two attached hydrogens (primary N) is 1. The monoisotopic (exact) mass is 529 g/mol. The van der Waals surface area contributed by atoms with E-state index < -0.39 is 15.6 Å². The van der Waals surface area contributed by atoms with Gasteiger partial charge in [-0.2, -0.15) is 0 Å². The Morgan fingerprint density at radius 3 is 2.45 bits per heavy atom. The minimum atomic E-state index is -3.80. The van der Waals surface area contributed by atoms with Crippen LogP contribution in [0.5, 0.6) is 0 Å². The molecular formula is C29H27N3O5S. The van der Waals surface area contributed by atoms with E-state index >= 15 is 0 Å². The Kier molecular flexibility index (Phi) is 7.40. The molecule has 8 nitrogen and oxygen atoms in total. The van der Waals surface area contributed by atoms with Crippen molar-refractivity contribution in [3.05, 3.63) is 90.1 Å². The molecule has 194 valence electrons. The Balaban J connectivity index is 1.43. The molecule has 1 fully saturated rings. The lowest BCUT2D eigenvalue weighted by Crippen LogP contribution is -2.35.